The molecule has 0 saturated heterocycles. The quantitative estimate of drug-likeness (QED) is 0.786. The molecule has 2 rings (SSSR count). The summed E-state index contributed by atoms with van der Waals surface area (Å²) in [5, 5.41) is 0.415. The molecule has 0 amide bonds. The summed E-state index contributed by atoms with van der Waals surface area (Å²) in [6.07, 6.45) is 0. The largest absolute Gasteiger partial charge is 0.494 e. The first-order valence-corrected chi connectivity index (χ1v) is 6.05. The minimum absolute atomic E-state index is 0.415. The number of rotatable bonds is 4. The van der Waals surface area contributed by atoms with Crippen LogP contribution < -0.4 is 9.47 Å². The molecule has 94 valence electrons. The van der Waals surface area contributed by atoms with Crippen molar-refractivity contribution in [3.63, 3.8) is 0 Å². The fourth-order valence-corrected chi connectivity index (χ4v) is 1.86. The van der Waals surface area contributed by atoms with Crippen molar-refractivity contribution in [2.75, 3.05) is 13.7 Å². The summed E-state index contributed by atoms with van der Waals surface area (Å²) in [6, 6.07) is 11.5. The topological polar surface area (TPSA) is 31.4 Å². The maximum Gasteiger partial charge on any atom is 0.214 e. The van der Waals surface area contributed by atoms with Crippen molar-refractivity contribution in [3.8, 4) is 22.8 Å². The summed E-state index contributed by atoms with van der Waals surface area (Å²) >= 11 is 5.94. The Kier molecular flexibility index (Phi) is 4.05. The molecule has 0 atom stereocenters. The minimum atomic E-state index is 0.415. The summed E-state index contributed by atoms with van der Waals surface area (Å²) in [5.74, 6) is 1.36. The second-order valence-corrected chi connectivity index (χ2v) is 4.07. The number of aromatic nitrogens is 1. The zero-order valence-corrected chi connectivity index (χ0v) is 11.1. The van der Waals surface area contributed by atoms with E-state index in [1.807, 2.05) is 37.3 Å². The highest BCUT2D eigenvalue weighted by Gasteiger charge is 2.04. The van der Waals surface area contributed by atoms with Gasteiger partial charge < -0.3 is 9.47 Å². The van der Waals surface area contributed by atoms with Crippen molar-refractivity contribution in [2.24, 2.45) is 0 Å². The normalized spacial score (nSPS) is 10.2. The highest BCUT2D eigenvalue weighted by molar-refractivity contribution is 6.29. The predicted molar refractivity (Wildman–Crippen MR) is 72.4 cm³/mol. The molecule has 2 aromatic rings. The standard InChI is InChI=1S/C14H14ClNO2/c1-3-18-12-6-4-10(5-7-12)11-8-13(15)16-14(9-11)17-2/h4-9H,3H2,1-2H3. The molecule has 0 spiro atoms. The molecule has 0 bridgehead atoms. The second kappa shape index (κ2) is 5.74. The van der Waals surface area contributed by atoms with Crippen molar-refractivity contribution < 1.29 is 9.47 Å². The predicted octanol–water partition coefficient (Wildman–Crippen LogP) is 3.81. The fourth-order valence-electron chi connectivity index (χ4n) is 1.65. The molecule has 0 aliphatic rings. The Labute approximate surface area is 111 Å². The van der Waals surface area contributed by atoms with Crippen LogP contribution in [0.15, 0.2) is 36.4 Å². The van der Waals surface area contributed by atoms with Crippen LogP contribution in [0.3, 0.4) is 0 Å². The molecule has 0 fully saturated rings. The van der Waals surface area contributed by atoms with Gasteiger partial charge in [-0.2, -0.15) is 0 Å². The molecule has 1 heterocycles. The Morgan fingerprint density at radius 1 is 1.11 bits per heavy atom. The van der Waals surface area contributed by atoms with Gasteiger partial charge in [0.05, 0.1) is 13.7 Å². The summed E-state index contributed by atoms with van der Waals surface area (Å²) in [4.78, 5) is 4.04. The Balaban J connectivity index is 2.33. The van der Waals surface area contributed by atoms with Gasteiger partial charge in [0.15, 0.2) is 0 Å². The van der Waals surface area contributed by atoms with Gasteiger partial charge in [0.1, 0.15) is 10.9 Å². The third-order valence-electron chi connectivity index (χ3n) is 2.48. The summed E-state index contributed by atoms with van der Waals surface area (Å²) < 4.78 is 10.5. The SMILES string of the molecule is CCOc1ccc(-c2cc(Cl)nc(OC)c2)cc1. The van der Waals surface area contributed by atoms with Gasteiger partial charge in [0.25, 0.3) is 0 Å². The van der Waals surface area contributed by atoms with E-state index in [1.165, 1.54) is 0 Å². The van der Waals surface area contributed by atoms with Crippen LogP contribution in [-0.2, 0) is 0 Å². The second-order valence-electron chi connectivity index (χ2n) is 3.68. The van der Waals surface area contributed by atoms with Crippen LogP contribution in [0.1, 0.15) is 6.92 Å². The van der Waals surface area contributed by atoms with E-state index >= 15 is 0 Å². The lowest BCUT2D eigenvalue weighted by Gasteiger charge is -2.07. The van der Waals surface area contributed by atoms with E-state index in [1.54, 1.807) is 13.2 Å². The maximum atomic E-state index is 5.94. The van der Waals surface area contributed by atoms with Gasteiger partial charge in [-0.1, -0.05) is 23.7 Å². The number of benzene rings is 1. The number of nitrogens with zero attached hydrogens (tertiary/aromatic N) is 1. The molecule has 0 N–H and O–H groups in total. The van der Waals surface area contributed by atoms with Crippen molar-refractivity contribution in [1.82, 2.24) is 4.98 Å². The first kappa shape index (κ1) is 12.7. The van der Waals surface area contributed by atoms with Gasteiger partial charge in [0.2, 0.25) is 5.88 Å². The van der Waals surface area contributed by atoms with Crippen LogP contribution in [0, 0.1) is 0 Å². The number of hydrogen-bond acceptors (Lipinski definition) is 3. The lowest BCUT2D eigenvalue weighted by atomic mass is 10.1. The van der Waals surface area contributed by atoms with E-state index in [2.05, 4.69) is 4.98 Å². The van der Waals surface area contributed by atoms with Crippen molar-refractivity contribution in [1.29, 1.82) is 0 Å². The maximum absolute atomic E-state index is 5.94. The summed E-state index contributed by atoms with van der Waals surface area (Å²) in [5.41, 5.74) is 2.01. The molecule has 4 heteroatoms. The lowest BCUT2D eigenvalue weighted by Crippen LogP contribution is -1.91. The Hall–Kier alpha value is -1.74. The van der Waals surface area contributed by atoms with E-state index in [0.29, 0.717) is 17.6 Å². The lowest BCUT2D eigenvalue weighted by molar-refractivity contribution is 0.340. The van der Waals surface area contributed by atoms with Gasteiger partial charge in [-0.25, -0.2) is 4.98 Å². The molecule has 0 aliphatic carbocycles. The molecule has 18 heavy (non-hydrogen) atoms. The van der Waals surface area contributed by atoms with Crippen molar-refractivity contribution in [3.05, 3.63) is 41.6 Å². The molecule has 0 radical (unpaired) electrons. The Bertz CT molecular complexity index is 526. The van der Waals surface area contributed by atoms with E-state index in [0.717, 1.165) is 16.9 Å². The van der Waals surface area contributed by atoms with E-state index in [9.17, 15) is 0 Å². The zero-order chi connectivity index (χ0) is 13.0. The van der Waals surface area contributed by atoms with Crippen LogP contribution in [-0.4, -0.2) is 18.7 Å². The monoisotopic (exact) mass is 263 g/mol. The Morgan fingerprint density at radius 3 is 2.44 bits per heavy atom. The first-order valence-electron chi connectivity index (χ1n) is 5.67. The average molecular weight is 264 g/mol. The van der Waals surface area contributed by atoms with Gasteiger partial charge >= 0.3 is 0 Å². The first-order chi connectivity index (χ1) is 8.72. The van der Waals surface area contributed by atoms with Gasteiger partial charge in [-0.3, -0.25) is 0 Å². The highest BCUT2D eigenvalue weighted by Crippen LogP contribution is 2.27. The van der Waals surface area contributed by atoms with Gasteiger partial charge in [-0.05, 0) is 36.2 Å². The fraction of sp³-hybridized carbons (Fsp3) is 0.214. The molecule has 0 saturated carbocycles. The molecule has 0 aliphatic heterocycles. The van der Waals surface area contributed by atoms with Crippen LogP contribution in [0.2, 0.25) is 5.15 Å². The van der Waals surface area contributed by atoms with E-state index < -0.39 is 0 Å². The number of pyridine rings is 1. The number of halogens is 1. The van der Waals surface area contributed by atoms with Crippen LogP contribution >= 0.6 is 11.6 Å². The third kappa shape index (κ3) is 2.93. The van der Waals surface area contributed by atoms with Crippen molar-refractivity contribution >= 4 is 11.6 Å². The molecule has 1 aromatic heterocycles. The minimum Gasteiger partial charge on any atom is -0.494 e. The Morgan fingerprint density at radius 2 is 1.83 bits per heavy atom. The number of methoxy groups -OCH3 is 1. The molecule has 1 aromatic carbocycles. The summed E-state index contributed by atoms with van der Waals surface area (Å²) in [7, 11) is 1.57. The molecular formula is C14H14ClNO2. The van der Waals surface area contributed by atoms with Crippen molar-refractivity contribution in [2.45, 2.75) is 6.92 Å². The smallest absolute Gasteiger partial charge is 0.214 e. The summed E-state index contributed by atoms with van der Waals surface area (Å²) in [6.45, 7) is 2.62. The van der Waals surface area contributed by atoms with Crippen LogP contribution in [0.5, 0.6) is 11.6 Å². The van der Waals surface area contributed by atoms with Crippen LogP contribution in [0.4, 0.5) is 0 Å². The number of hydrogen-bond donors (Lipinski definition) is 0. The zero-order valence-electron chi connectivity index (χ0n) is 10.3. The van der Waals surface area contributed by atoms with E-state index in [-0.39, 0.29) is 0 Å². The van der Waals surface area contributed by atoms with Gasteiger partial charge in [0, 0.05) is 6.07 Å². The average Bonchev–Trinajstić information content (AvgIpc) is 2.39. The number of ether oxygens (including phenoxy) is 2. The third-order valence-corrected chi connectivity index (χ3v) is 2.67. The van der Waals surface area contributed by atoms with Gasteiger partial charge in [-0.15, -0.1) is 0 Å². The molecule has 3 nitrogen and oxygen atoms in total. The highest BCUT2D eigenvalue weighted by atomic mass is 35.5. The molecular weight excluding hydrogens is 250 g/mol. The van der Waals surface area contributed by atoms with E-state index in [4.69, 9.17) is 21.1 Å². The van der Waals surface area contributed by atoms with Crippen LogP contribution in [0.25, 0.3) is 11.1 Å². The molecule has 0 unspecified atom stereocenters.